The van der Waals surface area contributed by atoms with Gasteiger partial charge in [0.15, 0.2) is 5.11 Å². The predicted molar refractivity (Wildman–Crippen MR) is 98.5 cm³/mol. The second-order valence-corrected chi connectivity index (χ2v) is 6.26. The van der Waals surface area contributed by atoms with E-state index in [2.05, 4.69) is 19.2 Å². The number of hydrogen-bond acceptors (Lipinski definition) is 2. The van der Waals surface area contributed by atoms with Crippen molar-refractivity contribution < 1.29 is 4.79 Å². The Morgan fingerprint density at radius 2 is 1.70 bits per heavy atom. The lowest BCUT2D eigenvalue weighted by Gasteiger charge is -2.20. The van der Waals surface area contributed by atoms with Gasteiger partial charge in [0.25, 0.3) is 5.91 Å². The van der Waals surface area contributed by atoms with Crippen LogP contribution in [0.5, 0.6) is 0 Å². The SMILES string of the molecule is CC(C)c1ccc(C(=O)NC(=S)N(C)Cc2ccccc2)cc1. The summed E-state index contributed by atoms with van der Waals surface area (Å²) in [6.45, 7) is 4.91. The normalized spacial score (nSPS) is 10.4. The summed E-state index contributed by atoms with van der Waals surface area (Å²) >= 11 is 5.31. The van der Waals surface area contributed by atoms with Crippen molar-refractivity contribution in [2.75, 3.05) is 7.05 Å². The Morgan fingerprint density at radius 3 is 2.26 bits per heavy atom. The molecule has 2 aromatic rings. The van der Waals surface area contributed by atoms with Gasteiger partial charge in [0.05, 0.1) is 0 Å². The number of carbonyl (C=O) groups is 1. The lowest BCUT2D eigenvalue weighted by molar-refractivity contribution is 0.0973. The van der Waals surface area contributed by atoms with Crippen LogP contribution in [0.4, 0.5) is 0 Å². The van der Waals surface area contributed by atoms with E-state index in [4.69, 9.17) is 12.2 Å². The Hall–Kier alpha value is -2.20. The van der Waals surface area contributed by atoms with E-state index in [1.807, 2.05) is 66.5 Å². The first kappa shape index (κ1) is 17.2. The largest absolute Gasteiger partial charge is 0.348 e. The van der Waals surface area contributed by atoms with Crippen LogP contribution in [-0.4, -0.2) is 23.0 Å². The van der Waals surface area contributed by atoms with Gasteiger partial charge >= 0.3 is 0 Å². The average Bonchev–Trinajstić information content (AvgIpc) is 2.55. The number of rotatable bonds is 4. The molecule has 2 rings (SSSR count). The Labute approximate surface area is 143 Å². The minimum Gasteiger partial charge on any atom is -0.348 e. The maximum atomic E-state index is 12.3. The van der Waals surface area contributed by atoms with E-state index in [9.17, 15) is 4.79 Å². The summed E-state index contributed by atoms with van der Waals surface area (Å²) in [6, 6.07) is 17.7. The number of carbonyl (C=O) groups excluding carboxylic acids is 1. The number of thiocarbonyl (C=S) groups is 1. The second kappa shape index (κ2) is 7.88. The Kier molecular flexibility index (Phi) is 5.88. The van der Waals surface area contributed by atoms with E-state index in [0.717, 1.165) is 5.56 Å². The first-order chi connectivity index (χ1) is 11.0. The fourth-order valence-corrected chi connectivity index (χ4v) is 2.37. The van der Waals surface area contributed by atoms with Gasteiger partial charge in [-0.1, -0.05) is 56.3 Å². The summed E-state index contributed by atoms with van der Waals surface area (Å²) in [4.78, 5) is 14.1. The fraction of sp³-hybridized carbons (Fsp3) is 0.263. The number of nitrogens with one attached hydrogen (secondary N) is 1. The van der Waals surface area contributed by atoms with Crippen LogP contribution < -0.4 is 5.32 Å². The van der Waals surface area contributed by atoms with Crippen LogP contribution in [0, 0.1) is 0 Å². The number of nitrogens with zero attached hydrogens (tertiary/aromatic N) is 1. The molecule has 0 aromatic heterocycles. The van der Waals surface area contributed by atoms with Crippen LogP contribution in [0.3, 0.4) is 0 Å². The molecule has 23 heavy (non-hydrogen) atoms. The van der Waals surface area contributed by atoms with Gasteiger partial charge < -0.3 is 4.90 Å². The van der Waals surface area contributed by atoms with Crippen LogP contribution >= 0.6 is 12.2 Å². The maximum Gasteiger partial charge on any atom is 0.257 e. The molecule has 3 nitrogen and oxygen atoms in total. The Bertz CT molecular complexity index is 666. The van der Waals surface area contributed by atoms with E-state index in [1.165, 1.54) is 5.56 Å². The first-order valence-corrected chi connectivity index (χ1v) is 8.08. The monoisotopic (exact) mass is 326 g/mol. The molecule has 0 aliphatic heterocycles. The van der Waals surface area contributed by atoms with Crippen molar-refractivity contribution >= 4 is 23.2 Å². The molecule has 4 heteroatoms. The van der Waals surface area contributed by atoms with Gasteiger partial charge in [-0.15, -0.1) is 0 Å². The van der Waals surface area contributed by atoms with Crippen molar-refractivity contribution in [2.24, 2.45) is 0 Å². The van der Waals surface area contributed by atoms with Gasteiger partial charge in [-0.25, -0.2) is 0 Å². The maximum absolute atomic E-state index is 12.3. The lowest BCUT2D eigenvalue weighted by atomic mass is 10.0. The summed E-state index contributed by atoms with van der Waals surface area (Å²) in [7, 11) is 1.87. The van der Waals surface area contributed by atoms with Crippen LogP contribution in [-0.2, 0) is 6.54 Å². The van der Waals surface area contributed by atoms with Crippen molar-refractivity contribution in [1.29, 1.82) is 0 Å². The van der Waals surface area contributed by atoms with Crippen molar-refractivity contribution in [3.8, 4) is 0 Å². The van der Waals surface area contributed by atoms with Crippen molar-refractivity contribution in [3.63, 3.8) is 0 Å². The molecule has 1 amide bonds. The third-order valence-electron chi connectivity index (χ3n) is 3.67. The minimum absolute atomic E-state index is 0.176. The van der Waals surface area contributed by atoms with E-state index < -0.39 is 0 Å². The second-order valence-electron chi connectivity index (χ2n) is 5.88. The summed E-state index contributed by atoms with van der Waals surface area (Å²) in [5.41, 5.74) is 2.98. The van der Waals surface area contributed by atoms with Crippen LogP contribution in [0.1, 0.15) is 41.3 Å². The Morgan fingerprint density at radius 1 is 1.09 bits per heavy atom. The molecular weight excluding hydrogens is 304 g/mol. The number of amides is 1. The fourth-order valence-electron chi connectivity index (χ4n) is 2.21. The molecule has 0 radical (unpaired) electrons. The van der Waals surface area contributed by atoms with Crippen LogP contribution in [0.15, 0.2) is 54.6 Å². The highest BCUT2D eigenvalue weighted by molar-refractivity contribution is 7.80. The molecule has 0 spiro atoms. The topological polar surface area (TPSA) is 32.3 Å². The van der Waals surface area contributed by atoms with Gasteiger partial charge in [-0.05, 0) is 41.4 Å². The molecule has 0 atom stereocenters. The quantitative estimate of drug-likeness (QED) is 0.863. The standard InChI is InChI=1S/C19H22N2OS/c1-14(2)16-9-11-17(12-10-16)18(22)20-19(23)21(3)13-15-7-5-4-6-8-15/h4-12,14H,13H2,1-3H3,(H,20,22,23). The molecule has 0 heterocycles. The molecule has 0 fully saturated rings. The molecular formula is C19H22N2OS. The van der Waals surface area contributed by atoms with Gasteiger partial charge in [-0.2, -0.15) is 0 Å². The summed E-state index contributed by atoms with van der Waals surface area (Å²) < 4.78 is 0. The van der Waals surface area contributed by atoms with Crippen molar-refractivity contribution in [2.45, 2.75) is 26.3 Å². The van der Waals surface area contributed by atoms with E-state index in [0.29, 0.717) is 23.1 Å². The van der Waals surface area contributed by atoms with Crippen LogP contribution in [0.2, 0.25) is 0 Å². The smallest absolute Gasteiger partial charge is 0.257 e. The third kappa shape index (κ3) is 4.89. The lowest BCUT2D eigenvalue weighted by Crippen LogP contribution is -2.40. The molecule has 2 aromatic carbocycles. The molecule has 0 saturated heterocycles. The molecule has 0 aliphatic rings. The van der Waals surface area contributed by atoms with Gasteiger partial charge in [0.1, 0.15) is 0 Å². The van der Waals surface area contributed by atoms with Gasteiger partial charge in [0, 0.05) is 19.2 Å². The van der Waals surface area contributed by atoms with Crippen molar-refractivity contribution in [1.82, 2.24) is 10.2 Å². The molecule has 0 aliphatic carbocycles. The highest BCUT2D eigenvalue weighted by atomic mass is 32.1. The summed E-state index contributed by atoms with van der Waals surface area (Å²) in [5, 5.41) is 3.21. The zero-order valence-corrected chi connectivity index (χ0v) is 14.6. The van der Waals surface area contributed by atoms with Gasteiger partial charge in [0.2, 0.25) is 0 Å². The molecule has 0 bridgehead atoms. The zero-order chi connectivity index (χ0) is 16.8. The minimum atomic E-state index is -0.176. The molecule has 120 valence electrons. The number of benzene rings is 2. The van der Waals surface area contributed by atoms with E-state index in [1.54, 1.807) is 0 Å². The van der Waals surface area contributed by atoms with Gasteiger partial charge in [-0.3, -0.25) is 10.1 Å². The predicted octanol–water partition coefficient (Wildman–Crippen LogP) is 3.96. The third-order valence-corrected chi connectivity index (χ3v) is 4.08. The molecule has 1 N–H and O–H groups in total. The van der Waals surface area contributed by atoms with Crippen LogP contribution in [0.25, 0.3) is 0 Å². The average molecular weight is 326 g/mol. The number of hydrogen-bond donors (Lipinski definition) is 1. The van der Waals surface area contributed by atoms with E-state index in [-0.39, 0.29) is 5.91 Å². The van der Waals surface area contributed by atoms with E-state index >= 15 is 0 Å². The highest BCUT2D eigenvalue weighted by Crippen LogP contribution is 2.14. The zero-order valence-electron chi connectivity index (χ0n) is 13.7. The first-order valence-electron chi connectivity index (χ1n) is 7.67. The Balaban J connectivity index is 1.94. The van der Waals surface area contributed by atoms with Crippen molar-refractivity contribution in [3.05, 3.63) is 71.3 Å². The molecule has 0 unspecified atom stereocenters. The summed E-state index contributed by atoms with van der Waals surface area (Å²) in [5.74, 6) is 0.274. The molecule has 0 saturated carbocycles. The highest BCUT2D eigenvalue weighted by Gasteiger charge is 2.11. The summed E-state index contributed by atoms with van der Waals surface area (Å²) in [6.07, 6.45) is 0.